The molecule has 116 valence electrons. The van der Waals surface area contributed by atoms with Gasteiger partial charge in [0.2, 0.25) is 0 Å². The zero-order chi connectivity index (χ0) is 16.7. The molecular weight excluding hydrogens is 285 g/mol. The van der Waals surface area contributed by atoms with Crippen LogP contribution in [0.1, 0.15) is 40.3 Å². The van der Waals surface area contributed by atoms with Gasteiger partial charge in [0.1, 0.15) is 11.5 Å². The summed E-state index contributed by atoms with van der Waals surface area (Å²) in [4.78, 5) is 26.6. The third-order valence-electron chi connectivity index (χ3n) is 2.84. The molecule has 0 radical (unpaired) electrons. The molecule has 2 rings (SSSR count). The Kier molecular flexibility index (Phi) is 6.38. The minimum atomic E-state index is -0.560. The van der Waals surface area contributed by atoms with Crippen molar-refractivity contribution < 1.29 is 18.7 Å². The number of carbonyl (C=O) groups is 2. The summed E-state index contributed by atoms with van der Waals surface area (Å²) in [7, 11) is 1.26. The van der Waals surface area contributed by atoms with Gasteiger partial charge < -0.3 is 4.74 Å². The minimum absolute atomic E-state index is 0.116. The summed E-state index contributed by atoms with van der Waals surface area (Å²) < 4.78 is 17.9. The van der Waals surface area contributed by atoms with E-state index in [0.717, 1.165) is 0 Å². The molecule has 1 heterocycles. The van der Waals surface area contributed by atoms with Crippen LogP contribution in [0.25, 0.3) is 11.3 Å². The summed E-state index contributed by atoms with van der Waals surface area (Å²) in [6.45, 7) is 5.63. The van der Waals surface area contributed by atoms with Gasteiger partial charge in [0.15, 0.2) is 6.29 Å². The molecule has 4 nitrogen and oxygen atoms in total. The van der Waals surface area contributed by atoms with E-state index in [1.165, 1.54) is 25.3 Å². The quantitative estimate of drug-likeness (QED) is 0.639. The Bertz CT molecular complexity index is 684. The molecule has 0 aliphatic carbocycles. The Hall–Kier alpha value is -2.56. The van der Waals surface area contributed by atoms with Gasteiger partial charge in [0.25, 0.3) is 0 Å². The lowest BCUT2D eigenvalue weighted by Gasteiger charge is -2.06. The first kappa shape index (κ1) is 17.5. The second-order valence-electron chi connectivity index (χ2n) is 4.24. The number of halogens is 1. The van der Waals surface area contributed by atoms with Gasteiger partial charge in [-0.25, -0.2) is 14.2 Å². The Morgan fingerprint density at radius 2 is 1.91 bits per heavy atom. The van der Waals surface area contributed by atoms with E-state index in [1.807, 2.05) is 13.8 Å². The molecule has 5 heteroatoms. The molecule has 2 aromatic rings. The van der Waals surface area contributed by atoms with Crippen molar-refractivity contribution >= 4 is 12.3 Å². The molecule has 0 N–H and O–H groups in total. The number of methoxy groups -OCH3 is 1. The number of ether oxygens (including phenoxy) is 1. The molecule has 1 aromatic heterocycles. The lowest BCUT2D eigenvalue weighted by Crippen LogP contribution is -2.04. The number of carbonyl (C=O) groups excluding carboxylic acids is 2. The van der Waals surface area contributed by atoms with Crippen molar-refractivity contribution in [3.63, 3.8) is 0 Å². The van der Waals surface area contributed by atoms with E-state index in [-0.39, 0.29) is 17.1 Å². The predicted octanol–water partition coefficient (Wildman–Crippen LogP) is 3.82. The number of aromatic nitrogens is 1. The first-order chi connectivity index (χ1) is 10.5. The number of aryl methyl sites for hydroxylation is 1. The van der Waals surface area contributed by atoms with Gasteiger partial charge in [-0.05, 0) is 42.8 Å². The molecule has 0 aliphatic heterocycles. The minimum Gasteiger partial charge on any atom is -0.465 e. The molecular formula is C17H18FNO3. The van der Waals surface area contributed by atoms with Crippen LogP contribution in [0.4, 0.5) is 4.39 Å². The highest BCUT2D eigenvalue weighted by molar-refractivity contribution is 5.92. The molecule has 0 bridgehead atoms. The van der Waals surface area contributed by atoms with Crippen molar-refractivity contribution in [3.05, 3.63) is 53.0 Å². The second kappa shape index (κ2) is 8.02. The Morgan fingerprint density at radius 1 is 1.23 bits per heavy atom. The molecule has 0 aliphatic rings. The van der Waals surface area contributed by atoms with E-state index >= 15 is 0 Å². The van der Waals surface area contributed by atoms with Crippen LogP contribution in [0.3, 0.4) is 0 Å². The lowest BCUT2D eigenvalue weighted by molar-refractivity contribution is 0.0600. The highest BCUT2D eigenvalue weighted by atomic mass is 19.1. The van der Waals surface area contributed by atoms with Crippen LogP contribution >= 0.6 is 0 Å². The highest BCUT2D eigenvalue weighted by Gasteiger charge is 2.12. The smallest absolute Gasteiger partial charge is 0.338 e. The number of aldehydes is 1. The summed E-state index contributed by atoms with van der Waals surface area (Å²) in [5.41, 5.74) is 1.84. The monoisotopic (exact) mass is 303 g/mol. The third kappa shape index (κ3) is 3.97. The van der Waals surface area contributed by atoms with Gasteiger partial charge in [0, 0.05) is 5.56 Å². The fourth-order valence-electron chi connectivity index (χ4n) is 1.80. The maximum absolute atomic E-state index is 13.3. The van der Waals surface area contributed by atoms with Crippen LogP contribution in [0.2, 0.25) is 0 Å². The van der Waals surface area contributed by atoms with E-state index in [9.17, 15) is 14.0 Å². The zero-order valence-electron chi connectivity index (χ0n) is 13.0. The number of benzene rings is 1. The van der Waals surface area contributed by atoms with Crippen molar-refractivity contribution in [2.45, 2.75) is 20.8 Å². The van der Waals surface area contributed by atoms with E-state index in [0.29, 0.717) is 23.1 Å². The summed E-state index contributed by atoms with van der Waals surface area (Å²) in [6, 6.07) is 7.32. The average molecular weight is 303 g/mol. The van der Waals surface area contributed by atoms with Gasteiger partial charge in [0.05, 0.1) is 18.4 Å². The molecule has 0 unspecified atom stereocenters. The van der Waals surface area contributed by atoms with Crippen LogP contribution in [0.15, 0.2) is 30.3 Å². The predicted molar refractivity (Wildman–Crippen MR) is 82.4 cm³/mol. The van der Waals surface area contributed by atoms with Crippen LogP contribution in [0.5, 0.6) is 0 Å². The molecule has 22 heavy (non-hydrogen) atoms. The van der Waals surface area contributed by atoms with E-state index < -0.39 is 5.97 Å². The van der Waals surface area contributed by atoms with E-state index in [2.05, 4.69) is 9.72 Å². The number of esters is 1. The number of pyridine rings is 1. The zero-order valence-corrected chi connectivity index (χ0v) is 13.0. The maximum atomic E-state index is 13.3. The van der Waals surface area contributed by atoms with Crippen molar-refractivity contribution in [2.75, 3.05) is 7.11 Å². The molecule has 0 spiro atoms. The molecule has 0 fully saturated rings. The molecule has 0 saturated heterocycles. The second-order valence-corrected chi connectivity index (χ2v) is 4.24. The highest BCUT2D eigenvalue weighted by Crippen LogP contribution is 2.22. The molecule has 0 saturated carbocycles. The number of nitrogens with zero attached hydrogens (tertiary/aromatic N) is 1. The van der Waals surface area contributed by atoms with Crippen LogP contribution in [-0.4, -0.2) is 24.3 Å². The number of hydrogen-bond acceptors (Lipinski definition) is 4. The fraction of sp³-hybridized carbons (Fsp3) is 0.235. The topological polar surface area (TPSA) is 56.3 Å². The first-order valence-electron chi connectivity index (χ1n) is 6.87. The fourth-order valence-corrected chi connectivity index (χ4v) is 1.80. The van der Waals surface area contributed by atoms with E-state index in [4.69, 9.17) is 0 Å². The van der Waals surface area contributed by atoms with Gasteiger partial charge in [-0.1, -0.05) is 13.8 Å². The number of hydrogen-bond donors (Lipinski definition) is 0. The van der Waals surface area contributed by atoms with Crippen LogP contribution in [-0.2, 0) is 4.74 Å². The Balaban J connectivity index is 0.00000116. The largest absolute Gasteiger partial charge is 0.465 e. The lowest BCUT2D eigenvalue weighted by atomic mass is 10.1. The first-order valence-corrected chi connectivity index (χ1v) is 6.87. The van der Waals surface area contributed by atoms with Crippen molar-refractivity contribution in [3.8, 4) is 11.3 Å². The Labute approximate surface area is 129 Å². The van der Waals surface area contributed by atoms with E-state index in [1.54, 1.807) is 19.1 Å². The Morgan fingerprint density at radius 3 is 2.45 bits per heavy atom. The van der Waals surface area contributed by atoms with Crippen molar-refractivity contribution in [1.29, 1.82) is 0 Å². The summed E-state index contributed by atoms with van der Waals surface area (Å²) in [5, 5.41) is 0. The van der Waals surface area contributed by atoms with Crippen molar-refractivity contribution in [1.82, 2.24) is 4.98 Å². The van der Waals surface area contributed by atoms with Crippen molar-refractivity contribution in [2.24, 2.45) is 0 Å². The molecule has 0 amide bonds. The molecule has 1 aromatic carbocycles. The SMILES string of the molecule is CC.COC(=O)c1cc(C=O)nc(-c2ccc(F)c(C)c2)c1. The normalized spacial score (nSPS) is 9.50. The average Bonchev–Trinajstić information content (AvgIpc) is 2.57. The summed E-state index contributed by atoms with van der Waals surface area (Å²) in [6.07, 6.45) is 0.548. The van der Waals surface area contributed by atoms with Crippen LogP contribution in [0, 0.1) is 12.7 Å². The van der Waals surface area contributed by atoms with Crippen LogP contribution < -0.4 is 0 Å². The van der Waals surface area contributed by atoms with Gasteiger partial charge in [-0.3, -0.25) is 4.79 Å². The number of rotatable bonds is 3. The summed E-state index contributed by atoms with van der Waals surface area (Å²) in [5.74, 6) is -0.885. The standard InChI is InChI=1S/C15H12FNO3.C2H6/c1-9-5-10(3-4-13(9)16)14-7-11(15(19)20-2)6-12(8-18)17-14;1-2/h3-8H,1-2H3;1-2H3. The van der Waals surface area contributed by atoms with Gasteiger partial charge in [-0.2, -0.15) is 0 Å². The molecule has 0 atom stereocenters. The van der Waals surface area contributed by atoms with Gasteiger partial charge >= 0.3 is 5.97 Å². The third-order valence-corrected chi connectivity index (χ3v) is 2.84. The maximum Gasteiger partial charge on any atom is 0.338 e. The summed E-state index contributed by atoms with van der Waals surface area (Å²) >= 11 is 0. The van der Waals surface area contributed by atoms with Gasteiger partial charge in [-0.15, -0.1) is 0 Å².